The number of pyridine rings is 1. The number of anilines is 1. The average molecular weight is 305 g/mol. The number of hydrogen-bond acceptors (Lipinski definition) is 6. The summed E-state index contributed by atoms with van der Waals surface area (Å²) >= 11 is 0. The van der Waals surface area contributed by atoms with E-state index in [1.165, 1.54) is 0 Å². The summed E-state index contributed by atoms with van der Waals surface area (Å²) in [6, 6.07) is 6.28. The third kappa shape index (κ3) is 2.38. The van der Waals surface area contributed by atoms with Gasteiger partial charge in [-0.2, -0.15) is 10.4 Å². The maximum atomic E-state index is 8.94. The van der Waals surface area contributed by atoms with Gasteiger partial charge in [-0.05, 0) is 25.5 Å². The highest BCUT2D eigenvalue weighted by Crippen LogP contribution is 2.29. The van der Waals surface area contributed by atoms with Gasteiger partial charge < -0.3 is 4.90 Å². The summed E-state index contributed by atoms with van der Waals surface area (Å²) in [7, 11) is 0. The molecule has 0 amide bonds. The van der Waals surface area contributed by atoms with Gasteiger partial charge in [0.1, 0.15) is 17.7 Å². The van der Waals surface area contributed by atoms with Crippen molar-refractivity contribution in [2.75, 3.05) is 18.0 Å². The molecule has 1 saturated heterocycles. The lowest BCUT2D eigenvalue weighted by Crippen LogP contribution is -2.23. The summed E-state index contributed by atoms with van der Waals surface area (Å²) in [6.07, 6.45) is 6.13. The molecule has 0 saturated carbocycles. The first-order chi connectivity index (χ1) is 11.2. The highest BCUT2D eigenvalue weighted by atomic mass is 15.3. The van der Waals surface area contributed by atoms with Crippen molar-refractivity contribution in [1.29, 1.82) is 5.26 Å². The van der Waals surface area contributed by atoms with E-state index in [0.717, 1.165) is 42.2 Å². The fraction of sp³-hybridized carbons (Fsp3) is 0.312. The summed E-state index contributed by atoms with van der Waals surface area (Å²) in [4.78, 5) is 15.6. The minimum atomic E-state index is 0.249. The summed E-state index contributed by atoms with van der Waals surface area (Å²) in [5.41, 5.74) is 1.32. The van der Waals surface area contributed by atoms with Crippen molar-refractivity contribution in [3.63, 3.8) is 0 Å². The Balaban J connectivity index is 1.66. The number of hydrogen-bond donors (Lipinski definition) is 0. The lowest BCUT2D eigenvalue weighted by Gasteiger charge is -2.19. The van der Waals surface area contributed by atoms with Crippen molar-refractivity contribution in [3.8, 4) is 6.07 Å². The minimum absolute atomic E-state index is 0.249. The zero-order chi connectivity index (χ0) is 15.8. The van der Waals surface area contributed by atoms with Crippen LogP contribution < -0.4 is 4.90 Å². The Hall–Kier alpha value is -3.01. The van der Waals surface area contributed by atoms with Gasteiger partial charge in [0.05, 0.1) is 23.2 Å². The highest BCUT2D eigenvalue weighted by molar-refractivity contribution is 5.86. The fourth-order valence-corrected chi connectivity index (χ4v) is 3.04. The molecule has 4 heterocycles. The first-order valence-electron chi connectivity index (χ1n) is 7.53. The monoisotopic (exact) mass is 305 g/mol. The molecule has 1 aliphatic heterocycles. The molecule has 1 fully saturated rings. The average Bonchev–Trinajstić information content (AvgIpc) is 3.23. The molecule has 0 N–H and O–H groups in total. The molecular weight excluding hydrogens is 290 g/mol. The van der Waals surface area contributed by atoms with Crippen LogP contribution in [0.4, 0.5) is 5.82 Å². The van der Waals surface area contributed by atoms with E-state index < -0.39 is 0 Å². The Labute approximate surface area is 133 Å². The maximum absolute atomic E-state index is 8.94. The van der Waals surface area contributed by atoms with Crippen molar-refractivity contribution in [3.05, 3.63) is 42.1 Å². The van der Waals surface area contributed by atoms with Crippen LogP contribution in [-0.2, 0) is 0 Å². The SMILES string of the molecule is Cc1nc(N2CCC(n3cc(C#N)cn3)C2)c2cccnc2n1. The van der Waals surface area contributed by atoms with E-state index in [0.29, 0.717) is 5.56 Å². The molecule has 1 unspecified atom stereocenters. The van der Waals surface area contributed by atoms with Gasteiger partial charge in [0.2, 0.25) is 0 Å². The van der Waals surface area contributed by atoms with Crippen molar-refractivity contribution in [2.45, 2.75) is 19.4 Å². The molecule has 0 aromatic carbocycles. The van der Waals surface area contributed by atoms with E-state index in [1.807, 2.05) is 23.7 Å². The molecule has 1 atom stereocenters. The standard InChI is InChI=1S/C16H15N7/c1-11-20-15-14(3-2-5-18-15)16(21-11)22-6-4-13(10-22)23-9-12(7-17)8-19-23/h2-3,5,8-9,13H,4,6,10H2,1H3. The third-order valence-electron chi connectivity index (χ3n) is 4.13. The van der Waals surface area contributed by atoms with Gasteiger partial charge in [0.15, 0.2) is 5.65 Å². The molecular formula is C16H15N7. The molecule has 0 spiro atoms. The Morgan fingerprint density at radius 2 is 2.26 bits per heavy atom. The lowest BCUT2D eigenvalue weighted by molar-refractivity contribution is 0.494. The molecule has 3 aromatic heterocycles. The summed E-state index contributed by atoms with van der Waals surface area (Å²) in [5.74, 6) is 1.65. The van der Waals surface area contributed by atoms with Crippen LogP contribution in [0, 0.1) is 18.3 Å². The quantitative estimate of drug-likeness (QED) is 0.718. The zero-order valence-electron chi connectivity index (χ0n) is 12.7. The molecule has 114 valence electrons. The van der Waals surface area contributed by atoms with E-state index in [4.69, 9.17) is 5.26 Å². The van der Waals surface area contributed by atoms with Gasteiger partial charge in [-0.1, -0.05) is 0 Å². The van der Waals surface area contributed by atoms with Gasteiger partial charge in [0.25, 0.3) is 0 Å². The number of aryl methyl sites for hydroxylation is 1. The highest BCUT2D eigenvalue weighted by Gasteiger charge is 2.27. The van der Waals surface area contributed by atoms with Crippen molar-refractivity contribution >= 4 is 16.9 Å². The molecule has 4 rings (SSSR count). The molecule has 0 bridgehead atoms. The molecule has 0 radical (unpaired) electrons. The predicted molar refractivity (Wildman–Crippen MR) is 84.9 cm³/mol. The van der Waals surface area contributed by atoms with Gasteiger partial charge in [0, 0.05) is 25.5 Å². The molecule has 1 aliphatic rings. The third-order valence-corrected chi connectivity index (χ3v) is 4.13. The number of nitrogens with zero attached hydrogens (tertiary/aromatic N) is 7. The van der Waals surface area contributed by atoms with Gasteiger partial charge in [-0.3, -0.25) is 4.68 Å². The lowest BCUT2D eigenvalue weighted by atomic mass is 10.3. The van der Waals surface area contributed by atoms with Crippen LogP contribution in [0.25, 0.3) is 11.0 Å². The Morgan fingerprint density at radius 3 is 3.09 bits per heavy atom. The molecule has 7 heteroatoms. The van der Waals surface area contributed by atoms with E-state index in [-0.39, 0.29) is 6.04 Å². The van der Waals surface area contributed by atoms with Crippen LogP contribution >= 0.6 is 0 Å². The second kappa shape index (κ2) is 5.32. The molecule has 23 heavy (non-hydrogen) atoms. The van der Waals surface area contributed by atoms with Crippen molar-refractivity contribution in [1.82, 2.24) is 24.7 Å². The smallest absolute Gasteiger partial charge is 0.164 e. The first-order valence-corrected chi connectivity index (χ1v) is 7.53. The van der Waals surface area contributed by atoms with Gasteiger partial charge in [-0.25, -0.2) is 15.0 Å². The van der Waals surface area contributed by atoms with Crippen LogP contribution in [0.2, 0.25) is 0 Å². The summed E-state index contributed by atoms with van der Waals surface area (Å²) in [5, 5.41) is 14.2. The van der Waals surface area contributed by atoms with Crippen LogP contribution in [0.5, 0.6) is 0 Å². The summed E-state index contributed by atoms with van der Waals surface area (Å²) in [6.45, 7) is 3.59. The van der Waals surface area contributed by atoms with Crippen LogP contribution in [0.15, 0.2) is 30.7 Å². The van der Waals surface area contributed by atoms with E-state index in [1.54, 1.807) is 18.6 Å². The number of fused-ring (bicyclic) bond motifs is 1. The van der Waals surface area contributed by atoms with Crippen molar-refractivity contribution < 1.29 is 0 Å². The maximum Gasteiger partial charge on any atom is 0.164 e. The number of rotatable bonds is 2. The van der Waals surface area contributed by atoms with Gasteiger partial charge in [-0.15, -0.1) is 0 Å². The van der Waals surface area contributed by atoms with Crippen LogP contribution in [0.1, 0.15) is 23.9 Å². The molecule has 0 aliphatic carbocycles. The first kappa shape index (κ1) is 13.6. The minimum Gasteiger partial charge on any atom is -0.354 e. The Bertz CT molecular complexity index is 908. The van der Waals surface area contributed by atoms with Gasteiger partial charge >= 0.3 is 0 Å². The zero-order valence-corrected chi connectivity index (χ0v) is 12.7. The second-order valence-corrected chi connectivity index (χ2v) is 5.68. The molecule has 3 aromatic rings. The Kier molecular flexibility index (Phi) is 3.15. The number of nitriles is 1. The Morgan fingerprint density at radius 1 is 1.35 bits per heavy atom. The second-order valence-electron chi connectivity index (χ2n) is 5.68. The van der Waals surface area contributed by atoms with Crippen LogP contribution in [-0.4, -0.2) is 37.8 Å². The van der Waals surface area contributed by atoms with Crippen molar-refractivity contribution in [2.24, 2.45) is 0 Å². The predicted octanol–water partition coefficient (Wildman–Crippen LogP) is 1.85. The van der Waals surface area contributed by atoms with E-state index >= 15 is 0 Å². The topological polar surface area (TPSA) is 83.5 Å². The number of aromatic nitrogens is 5. The molecule has 7 nitrogen and oxygen atoms in total. The fourth-order valence-electron chi connectivity index (χ4n) is 3.04. The largest absolute Gasteiger partial charge is 0.354 e. The van der Waals surface area contributed by atoms with Crippen LogP contribution in [0.3, 0.4) is 0 Å². The normalized spacial score (nSPS) is 17.6. The summed E-state index contributed by atoms with van der Waals surface area (Å²) < 4.78 is 1.88. The van der Waals surface area contributed by atoms with E-state index in [2.05, 4.69) is 31.0 Å². The van der Waals surface area contributed by atoms with E-state index in [9.17, 15) is 0 Å².